The van der Waals surface area contributed by atoms with Crippen LogP contribution in [0.1, 0.15) is 46.6 Å². The van der Waals surface area contributed by atoms with Gasteiger partial charge in [-0.15, -0.1) is 0 Å². The van der Waals surface area contributed by atoms with Gasteiger partial charge in [-0.3, -0.25) is 0 Å². The Morgan fingerprint density at radius 2 is 1.59 bits per heavy atom. The van der Waals surface area contributed by atoms with Gasteiger partial charge in [0, 0.05) is 6.54 Å². The summed E-state index contributed by atoms with van der Waals surface area (Å²) in [5.41, 5.74) is 6.22. The number of benzene rings is 2. The Morgan fingerprint density at radius 1 is 1.00 bits per heavy atom. The van der Waals surface area contributed by atoms with Crippen molar-refractivity contribution in [2.75, 3.05) is 5.32 Å². The standard InChI is InChI=1S/C22H25N3O2/c1-13(2)27-22(26)20-21(23-12-17-8-6-14(3)7-9-17)25-19-11-16(5)15(4)10-18(19)24-20/h6-11,13H,12H2,1-5H3,(H,23,25). The lowest BCUT2D eigenvalue weighted by molar-refractivity contribution is 0.0372. The van der Waals surface area contributed by atoms with Crippen molar-refractivity contribution in [3.63, 3.8) is 0 Å². The maximum absolute atomic E-state index is 12.6. The molecule has 0 saturated heterocycles. The first-order valence-corrected chi connectivity index (χ1v) is 9.13. The molecule has 1 heterocycles. The Kier molecular flexibility index (Phi) is 5.40. The normalized spacial score (nSPS) is 11.0. The lowest BCUT2D eigenvalue weighted by Crippen LogP contribution is -2.17. The van der Waals surface area contributed by atoms with Crippen molar-refractivity contribution >= 4 is 22.8 Å². The summed E-state index contributed by atoms with van der Waals surface area (Å²) >= 11 is 0. The van der Waals surface area contributed by atoms with E-state index in [9.17, 15) is 4.79 Å². The van der Waals surface area contributed by atoms with Gasteiger partial charge in [-0.1, -0.05) is 29.8 Å². The molecule has 1 aromatic heterocycles. The third-order valence-electron chi connectivity index (χ3n) is 4.40. The van der Waals surface area contributed by atoms with Gasteiger partial charge in [0.2, 0.25) is 0 Å². The van der Waals surface area contributed by atoms with E-state index >= 15 is 0 Å². The second-order valence-electron chi connectivity index (χ2n) is 7.14. The van der Waals surface area contributed by atoms with Crippen LogP contribution in [0.3, 0.4) is 0 Å². The van der Waals surface area contributed by atoms with Gasteiger partial charge < -0.3 is 10.1 Å². The van der Waals surface area contributed by atoms with Crippen molar-refractivity contribution in [1.29, 1.82) is 0 Å². The van der Waals surface area contributed by atoms with E-state index in [-0.39, 0.29) is 11.8 Å². The van der Waals surface area contributed by atoms with Crippen molar-refractivity contribution in [3.05, 3.63) is 64.3 Å². The van der Waals surface area contributed by atoms with Crippen LogP contribution >= 0.6 is 0 Å². The lowest BCUT2D eigenvalue weighted by atomic mass is 10.1. The number of esters is 1. The molecule has 3 aromatic rings. The van der Waals surface area contributed by atoms with Crippen LogP contribution in [-0.2, 0) is 11.3 Å². The third-order valence-corrected chi connectivity index (χ3v) is 4.40. The van der Waals surface area contributed by atoms with Gasteiger partial charge in [0.1, 0.15) is 0 Å². The number of rotatable bonds is 5. The summed E-state index contributed by atoms with van der Waals surface area (Å²) in [6, 6.07) is 12.2. The van der Waals surface area contributed by atoms with Crippen LogP contribution < -0.4 is 5.32 Å². The van der Waals surface area contributed by atoms with Crippen LogP contribution in [0.25, 0.3) is 11.0 Å². The number of ether oxygens (including phenoxy) is 1. The number of hydrogen-bond donors (Lipinski definition) is 1. The molecular formula is C22H25N3O2. The number of hydrogen-bond acceptors (Lipinski definition) is 5. The average molecular weight is 363 g/mol. The van der Waals surface area contributed by atoms with Gasteiger partial charge in [0.05, 0.1) is 17.1 Å². The first kappa shape index (κ1) is 18.8. The molecule has 2 aromatic carbocycles. The van der Waals surface area contributed by atoms with Crippen LogP contribution in [-0.4, -0.2) is 22.0 Å². The Labute approximate surface area is 159 Å². The molecule has 1 N–H and O–H groups in total. The van der Waals surface area contributed by atoms with Crippen molar-refractivity contribution in [2.24, 2.45) is 0 Å². The minimum atomic E-state index is -0.468. The van der Waals surface area contributed by atoms with Gasteiger partial charge in [-0.2, -0.15) is 0 Å². The molecule has 5 nitrogen and oxygen atoms in total. The van der Waals surface area contributed by atoms with E-state index in [1.807, 2.05) is 39.8 Å². The fourth-order valence-electron chi connectivity index (χ4n) is 2.74. The van der Waals surface area contributed by atoms with Crippen molar-refractivity contribution < 1.29 is 9.53 Å². The van der Waals surface area contributed by atoms with E-state index in [2.05, 4.69) is 46.5 Å². The summed E-state index contributed by atoms with van der Waals surface area (Å²) in [7, 11) is 0. The molecule has 0 atom stereocenters. The zero-order valence-electron chi connectivity index (χ0n) is 16.5. The molecule has 0 radical (unpaired) electrons. The Morgan fingerprint density at radius 3 is 2.19 bits per heavy atom. The molecule has 0 aliphatic carbocycles. The second-order valence-corrected chi connectivity index (χ2v) is 7.14. The molecule has 0 unspecified atom stereocenters. The van der Waals surface area contributed by atoms with E-state index < -0.39 is 5.97 Å². The largest absolute Gasteiger partial charge is 0.458 e. The highest BCUT2D eigenvalue weighted by atomic mass is 16.5. The van der Waals surface area contributed by atoms with Crippen LogP contribution in [0.2, 0.25) is 0 Å². The Bertz CT molecular complexity index is 979. The third kappa shape index (κ3) is 4.42. The topological polar surface area (TPSA) is 64.1 Å². The highest BCUT2D eigenvalue weighted by Crippen LogP contribution is 2.22. The predicted octanol–water partition coefficient (Wildman–Crippen LogP) is 4.73. The van der Waals surface area contributed by atoms with Crippen molar-refractivity contribution in [3.8, 4) is 0 Å². The van der Waals surface area contributed by atoms with Gasteiger partial charge in [0.25, 0.3) is 0 Å². The molecule has 0 amide bonds. The van der Waals surface area contributed by atoms with Gasteiger partial charge in [-0.05, 0) is 63.4 Å². The lowest BCUT2D eigenvalue weighted by Gasteiger charge is -2.14. The average Bonchev–Trinajstić information content (AvgIpc) is 2.61. The quantitative estimate of drug-likeness (QED) is 0.664. The summed E-state index contributed by atoms with van der Waals surface area (Å²) in [6.07, 6.45) is -0.223. The molecule has 0 bridgehead atoms. The highest BCUT2D eigenvalue weighted by molar-refractivity contribution is 5.95. The number of aromatic nitrogens is 2. The fraction of sp³-hybridized carbons (Fsp3) is 0.318. The van der Waals surface area contributed by atoms with E-state index in [0.29, 0.717) is 17.9 Å². The molecule has 0 aliphatic heterocycles. The molecule has 3 rings (SSSR count). The summed E-state index contributed by atoms with van der Waals surface area (Å²) in [6.45, 7) is 10.3. The zero-order chi connectivity index (χ0) is 19.6. The maximum atomic E-state index is 12.6. The summed E-state index contributed by atoms with van der Waals surface area (Å²) in [5.74, 6) is -0.0268. The number of carbonyl (C=O) groups excluding carboxylic acids is 1. The summed E-state index contributed by atoms with van der Waals surface area (Å²) in [4.78, 5) is 21.8. The highest BCUT2D eigenvalue weighted by Gasteiger charge is 2.19. The zero-order valence-corrected chi connectivity index (χ0v) is 16.5. The smallest absolute Gasteiger partial charge is 0.361 e. The minimum Gasteiger partial charge on any atom is -0.458 e. The fourth-order valence-corrected chi connectivity index (χ4v) is 2.74. The maximum Gasteiger partial charge on any atom is 0.361 e. The van der Waals surface area contributed by atoms with Crippen molar-refractivity contribution in [2.45, 2.75) is 47.3 Å². The van der Waals surface area contributed by atoms with Gasteiger partial charge in [-0.25, -0.2) is 14.8 Å². The molecule has 0 spiro atoms. The second kappa shape index (κ2) is 7.74. The number of nitrogens with zero attached hydrogens (tertiary/aromatic N) is 2. The minimum absolute atomic E-state index is 0.214. The SMILES string of the molecule is Cc1ccc(CNc2nc3cc(C)c(C)cc3nc2C(=O)OC(C)C)cc1. The monoisotopic (exact) mass is 363 g/mol. The first-order valence-electron chi connectivity index (χ1n) is 9.13. The Hall–Kier alpha value is -2.95. The van der Waals surface area contributed by atoms with Crippen molar-refractivity contribution in [1.82, 2.24) is 9.97 Å². The summed E-state index contributed by atoms with van der Waals surface area (Å²) < 4.78 is 5.37. The number of aryl methyl sites for hydroxylation is 3. The van der Waals surface area contributed by atoms with E-state index in [1.54, 1.807) is 0 Å². The molecule has 27 heavy (non-hydrogen) atoms. The molecule has 0 saturated carbocycles. The Balaban J connectivity index is 1.99. The number of nitrogens with one attached hydrogen (secondary N) is 1. The molecule has 5 heteroatoms. The van der Waals surface area contributed by atoms with Crippen LogP contribution in [0.4, 0.5) is 5.82 Å². The molecule has 140 valence electrons. The van der Waals surface area contributed by atoms with E-state index in [4.69, 9.17) is 4.74 Å². The molecule has 0 aliphatic rings. The van der Waals surface area contributed by atoms with E-state index in [1.165, 1.54) is 5.56 Å². The number of carbonyl (C=O) groups is 1. The first-order chi connectivity index (χ1) is 12.8. The van der Waals surface area contributed by atoms with Gasteiger partial charge >= 0.3 is 5.97 Å². The number of fused-ring (bicyclic) bond motifs is 1. The number of anilines is 1. The van der Waals surface area contributed by atoms with Crippen LogP contribution in [0, 0.1) is 20.8 Å². The van der Waals surface area contributed by atoms with E-state index in [0.717, 1.165) is 22.2 Å². The molecular weight excluding hydrogens is 338 g/mol. The van der Waals surface area contributed by atoms with Crippen LogP contribution in [0.15, 0.2) is 36.4 Å². The summed E-state index contributed by atoms with van der Waals surface area (Å²) in [5, 5.41) is 3.25. The molecule has 0 fully saturated rings. The van der Waals surface area contributed by atoms with Gasteiger partial charge in [0.15, 0.2) is 11.5 Å². The van der Waals surface area contributed by atoms with Crippen LogP contribution in [0.5, 0.6) is 0 Å². The predicted molar refractivity (Wildman–Crippen MR) is 108 cm³/mol.